The number of carbonyl (C=O) groups is 2. The van der Waals surface area contributed by atoms with Gasteiger partial charge >= 0.3 is 5.97 Å². The molecule has 0 aliphatic heterocycles. The zero-order chi connectivity index (χ0) is 17.5. The number of anilines is 1. The predicted octanol–water partition coefficient (Wildman–Crippen LogP) is 2.33. The number of rotatable bonds is 7. The van der Waals surface area contributed by atoms with Gasteiger partial charge in [-0.1, -0.05) is 12.8 Å². The molecular formula is C17H21FN2O3. The molecule has 5 nitrogen and oxygen atoms in total. The van der Waals surface area contributed by atoms with Crippen molar-refractivity contribution in [3.63, 3.8) is 0 Å². The molecule has 0 saturated heterocycles. The lowest BCUT2D eigenvalue weighted by Gasteiger charge is -2.23. The molecule has 0 unspecified atom stereocenters. The van der Waals surface area contributed by atoms with Gasteiger partial charge in [-0.15, -0.1) is 6.42 Å². The minimum absolute atomic E-state index is 0.154. The Hall–Kier alpha value is -2.55. The van der Waals surface area contributed by atoms with E-state index in [4.69, 9.17) is 11.2 Å². The molecule has 0 aliphatic carbocycles. The third-order valence-corrected chi connectivity index (χ3v) is 3.24. The summed E-state index contributed by atoms with van der Waals surface area (Å²) in [6.07, 6.45) is 5.75. The molecule has 0 bridgehead atoms. The zero-order valence-electron chi connectivity index (χ0n) is 13.5. The van der Waals surface area contributed by atoms with Crippen LogP contribution in [0.4, 0.5) is 10.1 Å². The molecule has 1 rings (SSSR count). The van der Waals surface area contributed by atoms with Crippen LogP contribution in [0, 0.1) is 18.2 Å². The normalized spacial score (nSPS) is 10.6. The number of ether oxygens (including phenoxy) is 1. The molecule has 0 fully saturated rings. The van der Waals surface area contributed by atoms with Gasteiger partial charge in [0.25, 0.3) is 5.91 Å². The first-order valence-corrected chi connectivity index (χ1v) is 7.26. The highest BCUT2D eigenvalue weighted by Gasteiger charge is 2.21. The highest BCUT2D eigenvalue weighted by atomic mass is 19.1. The van der Waals surface area contributed by atoms with Gasteiger partial charge in [0.2, 0.25) is 0 Å². The van der Waals surface area contributed by atoms with Crippen LogP contribution in [0.15, 0.2) is 18.2 Å². The number of halogens is 1. The summed E-state index contributed by atoms with van der Waals surface area (Å²) in [7, 11) is 0. The minimum atomic E-state index is -0.702. The zero-order valence-corrected chi connectivity index (χ0v) is 13.5. The molecule has 0 aromatic heterocycles. The van der Waals surface area contributed by atoms with Gasteiger partial charge in [0.05, 0.1) is 12.1 Å². The number of nitrogens with one attached hydrogen (secondary N) is 2. The molecule has 124 valence electrons. The van der Waals surface area contributed by atoms with Gasteiger partial charge in [0.1, 0.15) is 18.0 Å². The Morgan fingerprint density at radius 3 is 2.65 bits per heavy atom. The van der Waals surface area contributed by atoms with Gasteiger partial charge in [-0.05, 0) is 38.5 Å². The molecule has 0 aliphatic rings. The van der Waals surface area contributed by atoms with Crippen molar-refractivity contribution in [3.8, 4) is 12.3 Å². The summed E-state index contributed by atoms with van der Waals surface area (Å²) in [4.78, 5) is 23.6. The van der Waals surface area contributed by atoms with E-state index in [0.29, 0.717) is 12.1 Å². The third kappa shape index (κ3) is 5.99. The Balaban J connectivity index is 2.62. The number of benzene rings is 1. The Morgan fingerprint density at radius 2 is 2.09 bits per heavy atom. The predicted molar refractivity (Wildman–Crippen MR) is 86.5 cm³/mol. The lowest BCUT2D eigenvalue weighted by atomic mass is 10.1. The molecule has 0 atom stereocenters. The maximum absolute atomic E-state index is 13.9. The first-order chi connectivity index (χ1) is 10.8. The first kappa shape index (κ1) is 18.5. The van der Waals surface area contributed by atoms with Crippen LogP contribution in [0.1, 0.15) is 37.6 Å². The molecule has 0 heterocycles. The van der Waals surface area contributed by atoms with Gasteiger partial charge in [-0.2, -0.15) is 0 Å². The van der Waals surface area contributed by atoms with Crippen molar-refractivity contribution in [3.05, 3.63) is 29.6 Å². The van der Waals surface area contributed by atoms with Crippen molar-refractivity contribution in [1.29, 1.82) is 0 Å². The summed E-state index contributed by atoms with van der Waals surface area (Å²) >= 11 is 0. The second-order valence-electron chi connectivity index (χ2n) is 5.52. The van der Waals surface area contributed by atoms with E-state index in [9.17, 15) is 14.0 Å². The number of amides is 1. The molecular weight excluding hydrogens is 299 g/mol. The molecule has 0 radical (unpaired) electrons. The van der Waals surface area contributed by atoms with Gasteiger partial charge in [-0.25, -0.2) is 4.39 Å². The van der Waals surface area contributed by atoms with E-state index in [0.717, 1.165) is 0 Å². The van der Waals surface area contributed by atoms with E-state index < -0.39 is 23.3 Å². The summed E-state index contributed by atoms with van der Waals surface area (Å²) in [5.74, 6) is 0.408. The Labute approximate surface area is 135 Å². The molecule has 2 N–H and O–H groups in total. The third-order valence-electron chi connectivity index (χ3n) is 3.24. The summed E-state index contributed by atoms with van der Waals surface area (Å²) in [5, 5.41) is 5.14. The lowest BCUT2D eigenvalue weighted by Crippen LogP contribution is -2.36. The van der Waals surface area contributed by atoms with Gasteiger partial charge in [0.15, 0.2) is 0 Å². The van der Waals surface area contributed by atoms with Crippen LogP contribution < -0.4 is 10.6 Å². The molecule has 1 aromatic rings. The fourth-order valence-electron chi connectivity index (χ4n) is 1.63. The molecule has 1 amide bonds. The van der Waals surface area contributed by atoms with E-state index in [-0.39, 0.29) is 18.7 Å². The maximum atomic E-state index is 13.9. The highest BCUT2D eigenvalue weighted by molar-refractivity contribution is 5.96. The monoisotopic (exact) mass is 320 g/mol. The van der Waals surface area contributed by atoms with E-state index in [1.807, 2.05) is 6.92 Å². The lowest BCUT2D eigenvalue weighted by molar-refractivity contribution is -0.155. The Bertz CT molecular complexity index is 621. The van der Waals surface area contributed by atoms with Crippen LogP contribution in [0.3, 0.4) is 0 Å². The smallest absolute Gasteiger partial charge is 0.325 e. The van der Waals surface area contributed by atoms with Crippen molar-refractivity contribution >= 4 is 17.6 Å². The number of terminal acetylenes is 1. The Kier molecular flexibility index (Phi) is 6.58. The van der Waals surface area contributed by atoms with Gasteiger partial charge in [0, 0.05) is 5.69 Å². The van der Waals surface area contributed by atoms with Crippen molar-refractivity contribution in [1.82, 2.24) is 5.32 Å². The first-order valence-electron chi connectivity index (χ1n) is 7.26. The van der Waals surface area contributed by atoms with Crippen molar-refractivity contribution in [2.75, 3.05) is 18.4 Å². The Morgan fingerprint density at radius 1 is 1.39 bits per heavy atom. The highest BCUT2D eigenvalue weighted by Crippen LogP contribution is 2.15. The summed E-state index contributed by atoms with van der Waals surface area (Å²) in [6, 6.07) is 4.03. The average Bonchev–Trinajstić information content (AvgIpc) is 2.50. The van der Waals surface area contributed by atoms with Crippen LogP contribution in [0.25, 0.3) is 0 Å². The largest absolute Gasteiger partial charge is 0.458 e. The van der Waals surface area contributed by atoms with E-state index in [2.05, 4.69) is 16.6 Å². The summed E-state index contributed by atoms with van der Waals surface area (Å²) in [5.41, 5.74) is -0.280. The van der Waals surface area contributed by atoms with Gasteiger partial charge < -0.3 is 15.4 Å². The molecule has 23 heavy (non-hydrogen) atoms. The summed E-state index contributed by atoms with van der Waals surface area (Å²) < 4.78 is 19.1. The van der Waals surface area contributed by atoms with Crippen molar-refractivity contribution in [2.45, 2.75) is 32.8 Å². The van der Waals surface area contributed by atoms with Crippen LogP contribution in [-0.4, -0.2) is 30.6 Å². The minimum Gasteiger partial charge on any atom is -0.458 e. The topological polar surface area (TPSA) is 67.4 Å². The summed E-state index contributed by atoms with van der Waals surface area (Å²) in [6.45, 7) is 5.36. The van der Waals surface area contributed by atoms with E-state index in [1.54, 1.807) is 13.8 Å². The van der Waals surface area contributed by atoms with Crippen molar-refractivity contribution < 1.29 is 18.7 Å². The molecule has 0 spiro atoms. The standard InChI is InChI=1S/C17H21FN2O3/c1-5-9-19-12-7-8-13(14(18)10-12)16(22)20-11-15(21)23-17(3,4)6-2/h1,7-8,10,19H,6,9,11H2,2-4H3,(H,20,22). The average molecular weight is 320 g/mol. The van der Waals surface area contributed by atoms with Crippen LogP contribution in [-0.2, 0) is 9.53 Å². The number of hydrogen-bond acceptors (Lipinski definition) is 4. The maximum Gasteiger partial charge on any atom is 0.325 e. The van der Waals surface area contributed by atoms with Gasteiger partial charge in [-0.3, -0.25) is 9.59 Å². The van der Waals surface area contributed by atoms with Crippen molar-refractivity contribution in [2.24, 2.45) is 0 Å². The number of esters is 1. The quantitative estimate of drug-likeness (QED) is 0.598. The molecule has 6 heteroatoms. The van der Waals surface area contributed by atoms with E-state index in [1.165, 1.54) is 18.2 Å². The molecule has 0 saturated carbocycles. The second-order valence-corrected chi connectivity index (χ2v) is 5.52. The van der Waals surface area contributed by atoms with Crippen LogP contribution >= 0.6 is 0 Å². The van der Waals surface area contributed by atoms with Crippen LogP contribution in [0.5, 0.6) is 0 Å². The number of hydrogen-bond donors (Lipinski definition) is 2. The fourth-order valence-corrected chi connectivity index (χ4v) is 1.63. The fraction of sp³-hybridized carbons (Fsp3) is 0.412. The van der Waals surface area contributed by atoms with E-state index >= 15 is 0 Å². The SMILES string of the molecule is C#CCNc1ccc(C(=O)NCC(=O)OC(C)(C)CC)c(F)c1. The van der Waals surface area contributed by atoms with Crippen LogP contribution in [0.2, 0.25) is 0 Å². The molecule has 1 aromatic carbocycles. The number of carbonyl (C=O) groups excluding carboxylic acids is 2. The second kappa shape index (κ2) is 8.18.